The van der Waals surface area contributed by atoms with Crippen LogP contribution >= 0.6 is 0 Å². The summed E-state index contributed by atoms with van der Waals surface area (Å²) in [5, 5.41) is 18.7. The van der Waals surface area contributed by atoms with Crippen molar-refractivity contribution in [3.8, 4) is 17.0 Å². The zero-order valence-electron chi connectivity index (χ0n) is 16.8. The number of aromatic hydroxyl groups is 1. The number of hydrazone groups is 1. The van der Waals surface area contributed by atoms with Gasteiger partial charge < -0.3 is 14.7 Å². The molecular weight excluding hydrogens is 392 g/mol. The number of hydrogen-bond donors (Lipinski definition) is 2. The van der Waals surface area contributed by atoms with E-state index in [9.17, 15) is 5.11 Å². The van der Waals surface area contributed by atoms with Crippen LogP contribution in [0.5, 0.6) is 5.75 Å². The molecule has 2 aromatic carbocycles. The zero-order chi connectivity index (χ0) is 21.0. The standard InChI is InChI=1S/C23H22N6O2/c30-19-8-4-5-17(13-19)16-24-26-21-15-23(28-9-11-31-12-10-28)29-22(25-21)14-20(27-29)18-6-2-1-3-7-18/h1-8,13-16,30H,9-12H2,(H,25,26)/b24-16+. The molecule has 31 heavy (non-hydrogen) atoms. The molecule has 1 saturated heterocycles. The van der Waals surface area contributed by atoms with E-state index in [-0.39, 0.29) is 5.75 Å². The molecule has 0 atom stereocenters. The molecule has 5 rings (SSSR count). The number of hydrogen-bond acceptors (Lipinski definition) is 7. The number of aromatic nitrogens is 3. The van der Waals surface area contributed by atoms with Crippen LogP contribution in [-0.2, 0) is 4.74 Å². The molecule has 0 saturated carbocycles. The lowest BCUT2D eigenvalue weighted by molar-refractivity contribution is 0.122. The van der Waals surface area contributed by atoms with Gasteiger partial charge in [0.05, 0.1) is 25.1 Å². The summed E-state index contributed by atoms with van der Waals surface area (Å²) in [5.74, 6) is 1.75. The van der Waals surface area contributed by atoms with E-state index in [1.54, 1.807) is 24.4 Å². The fraction of sp³-hybridized carbons (Fsp3) is 0.174. The first-order chi connectivity index (χ1) is 15.3. The molecule has 1 aliphatic rings. The van der Waals surface area contributed by atoms with Crippen molar-refractivity contribution in [2.75, 3.05) is 36.6 Å². The Kier molecular flexibility index (Phi) is 5.20. The van der Waals surface area contributed by atoms with E-state index in [2.05, 4.69) is 15.4 Å². The Morgan fingerprint density at radius 2 is 1.84 bits per heavy atom. The van der Waals surface area contributed by atoms with E-state index in [1.165, 1.54) is 0 Å². The van der Waals surface area contributed by atoms with Crippen LogP contribution in [0.25, 0.3) is 16.9 Å². The first kappa shape index (κ1) is 19.1. The average Bonchev–Trinajstić information content (AvgIpc) is 3.24. The number of anilines is 2. The Morgan fingerprint density at radius 1 is 1.00 bits per heavy atom. The number of nitrogens with one attached hydrogen (secondary N) is 1. The average molecular weight is 414 g/mol. The third-order valence-electron chi connectivity index (χ3n) is 5.08. The van der Waals surface area contributed by atoms with Crippen molar-refractivity contribution in [3.63, 3.8) is 0 Å². The molecule has 1 fully saturated rings. The van der Waals surface area contributed by atoms with Gasteiger partial charge in [0.2, 0.25) is 0 Å². The van der Waals surface area contributed by atoms with Gasteiger partial charge in [0.15, 0.2) is 11.5 Å². The molecule has 0 spiro atoms. The second-order valence-corrected chi connectivity index (χ2v) is 7.23. The minimum atomic E-state index is 0.200. The fourth-order valence-corrected chi connectivity index (χ4v) is 3.56. The predicted molar refractivity (Wildman–Crippen MR) is 121 cm³/mol. The van der Waals surface area contributed by atoms with Crippen molar-refractivity contribution < 1.29 is 9.84 Å². The molecule has 8 heteroatoms. The first-order valence-electron chi connectivity index (χ1n) is 10.1. The Morgan fingerprint density at radius 3 is 2.65 bits per heavy atom. The number of benzene rings is 2. The molecule has 0 unspecified atom stereocenters. The number of fused-ring (bicyclic) bond motifs is 1. The number of ether oxygens (including phenoxy) is 1. The van der Waals surface area contributed by atoms with Gasteiger partial charge in [0.1, 0.15) is 11.6 Å². The molecule has 4 aromatic rings. The highest BCUT2D eigenvalue weighted by molar-refractivity contribution is 5.80. The maximum atomic E-state index is 9.60. The highest BCUT2D eigenvalue weighted by Crippen LogP contribution is 2.25. The van der Waals surface area contributed by atoms with E-state index in [0.717, 1.165) is 41.4 Å². The summed E-state index contributed by atoms with van der Waals surface area (Å²) in [6, 6.07) is 20.9. The predicted octanol–water partition coefficient (Wildman–Crippen LogP) is 3.38. The van der Waals surface area contributed by atoms with Gasteiger partial charge in [-0.15, -0.1) is 0 Å². The number of rotatable bonds is 5. The Bertz CT molecular complexity index is 1220. The smallest absolute Gasteiger partial charge is 0.160 e. The van der Waals surface area contributed by atoms with E-state index in [0.29, 0.717) is 19.0 Å². The molecular formula is C23H22N6O2. The lowest BCUT2D eigenvalue weighted by Gasteiger charge is -2.29. The SMILES string of the molecule is Oc1cccc(/C=N/Nc2cc(N3CCOCC3)n3nc(-c4ccccc4)cc3n2)c1. The van der Waals surface area contributed by atoms with Crippen LogP contribution in [-0.4, -0.2) is 52.2 Å². The summed E-state index contributed by atoms with van der Waals surface area (Å²) in [6.45, 7) is 2.92. The van der Waals surface area contributed by atoms with Gasteiger partial charge in [0, 0.05) is 30.8 Å². The van der Waals surface area contributed by atoms with Gasteiger partial charge in [-0.2, -0.15) is 14.7 Å². The molecule has 156 valence electrons. The summed E-state index contributed by atoms with van der Waals surface area (Å²) in [5.41, 5.74) is 6.44. The lowest BCUT2D eigenvalue weighted by Crippen LogP contribution is -2.37. The second-order valence-electron chi connectivity index (χ2n) is 7.23. The molecule has 2 N–H and O–H groups in total. The molecule has 1 aliphatic heterocycles. The zero-order valence-corrected chi connectivity index (χ0v) is 16.8. The van der Waals surface area contributed by atoms with Crippen molar-refractivity contribution in [2.45, 2.75) is 0 Å². The maximum Gasteiger partial charge on any atom is 0.160 e. The molecule has 0 radical (unpaired) electrons. The van der Waals surface area contributed by atoms with Gasteiger partial charge >= 0.3 is 0 Å². The highest BCUT2D eigenvalue weighted by atomic mass is 16.5. The summed E-state index contributed by atoms with van der Waals surface area (Å²) in [6.07, 6.45) is 1.64. The van der Waals surface area contributed by atoms with E-state index >= 15 is 0 Å². The van der Waals surface area contributed by atoms with Crippen molar-refractivity contribution in [1.82, 2.24) is 14.6 Å². The second kappa shape index (κ2) is 8.45. The molecule has 8 nitrogen and oxygen atoms in total. The minimum Gasteiger partial charge on any atom is -0.508 e. The quantitative estimate of drug-likeness (QED) is 0.385. The fourth-order valence-electron chi connectivity index (χ4n) is 3.56. The molecule has 0 bridgehead atoms. The number of nitrogens with zero attached hydrogens (tertiary/aromatic N) is 5. The van der Waals surface area contributed by atoms with E-state index in [4.69, 9.17) is 14.8 Å². The van der Waals surface area contributed by atoms with Crippen molar-refractivity contribution in [3.05, 3.63) is 72.3 Å². The Labute approximate surface area is 179 Å². The van der Waals surface area contributed by atoms with E-state index in [1.807, 2.05) is 53.0 Å². The third-order valence-corrected chi connectivity index (χ3v) is 5.08. The van der Waals surface area contributed by atoms with Crippen LogP contribution in [0.2, 0.25) is 0 Å². The molecule has 2 aromatic heterocycles. The summed E-state index contributed by atoms with van der Waals surface area (Å²) in [7, 11) is 0. The number of phenols is 1. The van der Waals surface area contributed by atoms with E-state index < -0.39 is 0 Å². The maximum absolute atomic E-state index is 9.60. The van der Waals surface area contributed by atoms with Crippen LogP contribution in [0, 0.1) is 0 Å². The molecule has 0 aliphatic carbocycles. The normalized spacial score (nSPS) is 14.4. The van der Waals surface area contributed by atoms with Crippen molar-refractivity contribution >= 4 is 23.5 Å². The summed E-state index contributed by atoms with van der Waals surface area (Å²) in [4.78, 5) is 6.93. The lowest BCUT2D eigenvalue weighted by atomic mass is 10.2. The van der Waals surface area contributed by atoms with Crippen LogP contribution in [0.1, 0.15) is 5.56 Å². The number of phenolic OH excluding ortho intramolecular Hbond substituents is 1. The van der Waals surface area contributed by atoms with Crippen LogP contribution in [0.3, 0.4) is 0 Å². The highest BCUT2D eigenvalue weighted by Gasteiger charge is 2.18. The molecule has 0 amide bonds. The van der Waals surface area contributed by atoms with Gasteiger partial charge in [-0.1, -0.05) is 42.5 Å². The van der Waals surface area contributed by atoms with Gasteiger partial charge in [-0.25, -0.2) is 4.98 Å². The van der Waals surface area contributed by atoms with Gasteiger partial charge in [-0.05, 0) is 17.7 Å². The topological polar surface area (TPSA) is 87.3 Å². The summed E-state index contributed by atoms with van der Waals surface area (Å²) >= 11 is 0. The summed E-state index contributed by atoms with van der Waals surface area (Å²) < 4.78 is 7.39. The Balaban J connectivity index is 1.50. The third kappa shape index (κ3) is 4.19. The molecule has 3 heterocycles. The first-order valence-corrected chi connectivity index (χ1v) is 10.1. The van der Waals surface area contributed by atoms with Gasteiger partial charge in [-0.3, -0.25) is 5.43 Å². The van der Waals surface area contributed by atoms with Crippen LogP contribution < -0.4 is 10.3 Å². The minimum absolute atomic E-state index is 0.200. The van der Waals surface area contributed by atoms with Crippen molar-refractivity contribution in [2.24, 2.45) is 5.10 Å². The van der Waals surface area contributed by atoms with Crippen LogP contribution in [0.4, 0.5) is 11.6 Å². The monoisotopic (exact) mass is 414 g/mol. The van der Waals surface area contributed by atoms with Gasteiger partial charge in [0.25, 0.3) is 0 Å². The largest absolute Gasteiger partial charge is 0.508 e. The van der Waals surface area contributed by atoms with Crippen LogP contribution in [0.15, 0.2) is 71.8 Å². The Hall–Kier alpha value is -3.91. The van der Waals surface area contributed by atoms with Crippen molar-refractivity contribution in [1.29, 1.82) is 0 Å². The number of morpholine rings is 1.